The molecule has 1 saturated carbocycles. The predicted octanol–water partition coefficient (Wildman–Crippen LogP) is 5.25. The van der Waals surface area contributed by atoms with E-state index in [4.69, 9.17) is 23.2 Å². The van der Waals surface area contributed by atoms with Crippen LogP contribution in [0.15, 0.2) is 43.2 Å². The van der Waals surface area contributed by atoms with Gasteiger partial charge in [0.15, 0.2) is 5.82 Å². The fourth-order valence-electron chi connectivity index (χ4n) is 4.46. The third kappa shape index (κ3) is 4.09. The van der Waals surface area contributed by atoms with Crippen LogP contribution in [0, 0.1) is 29.0 Å². The van der Waals surface area contributed by atoms with Gasteiger partial charge in [0.2, 0.25) is 5.91 Å². The average molecular weight is 496 g/mol. The summed E-state index contributed by atoms with van der Waals surface area (Å²) in [6.45, 7) is 5.52. The number of piperidine rings is 1. The number of nitrogens with zero attached hydrogens (tertiary/aromatic N) is 3. The lowest BCUT2D eigenvalue weighted by atomic mass is 10.0. The molecular formula is C25H20Cl2FN5O. The maximum Gasteiger partial charge on any atom is 0.247 e. The normalized spacial score (nSPS) is 20.9. The summed E-state index contributed by atoms with van der Waals surface area (Å²) < 4.78 is 14.6. The number of likely N-dealkylation sites (tertiary alicyclic amines) is 1. The van der Waals surface area contributed by atoms with Crippen LogP contribution in [0.5, 0.6) is 0 Å². The van der Waals surface area contributed by atoms with E-state index in [9.17, 15) is 9.18 Å². The molecule has 2 heterocycles. The summed E-state index contributed by atoms with van der Waals surface area (Å²) in [5.41, 5.74) is 1.86. The average Bonchev–Trinajstić information content (AvgIpc) is 3.38. The fraction of sp³-hybridized carbons (Fsp3) is 0.240. The summed E-state index contributed by atoms with van der Waals surface area (Å²) in [6.07, 6.45) is 3.66. The molecule has 0 spiro atoms. The molecule has 34 heavy (non-hydrogen) atoms. The molecule has 2 atom stereocenters. The summed E-state index contributed by atoms with van der Waals surface area (Å²) in [7, 11) is 2.10. The van der Waals surface area contributed by atoms with Crippen LogP contribution in [-0.2, 0) is 4.79 Å². The number of rotatable bonds is 4. The first-order valence-electron chi connectivity index (χ1n) is 10.6. The number of carbonyl (C=O) groups excluding carboxylic acids is 1. The Morgan fingerprint density at radius 2 is 2.15 bits per heavy atom. The zero-order chi connectivity index (χ0) is 24.0. The molecule has 0 bridgehead atoms. The minimum absolute atomic E-state index is 0.0210. The number of halogens is 3. The highest BCUT2D eigenvalue weighted by atomic mass is 35.5. The van der Waals surface area contributed by atoms with Gasteiger partial charge in [0.25, 0.3) is 0 Å². The van der Waals surface area contributed by atoms with E-state index in [-0.39, 0.29) is 27.1 Å². The zero-order valence-corrected chi connectivity index (χ0v) is 19.8. The van der Waals surface area contributed by atoms with Gasteiger partial charge in [-0.1, -0.05) is 41.6 Å². The minimum Gasteiger partial charge on any atom is -0.337 e. The van der Waals surface area contributed by atoms with Crippen molar-refractivity contribution in [2.45, 2.75) is 6.42 Å². The van der Waals surface area contributed by atoms with Crippen LogP contribution in [0.25, 0.3) is 10.9 Å². The van der Waals surface area contributed by atoms with E-state index < -0.39 is 5.82 Å². The number of carbonyl (C=O) groups is 1. The second-order valence-electron chi connectivity index (χ2n) is 8.68. The number of benzene rings is 2. The highest BCUT2D eigenvalue weighted by molar-refractivity contribution is 6.42. The summed E-state index contributed by atoms with van der Waals surface area (Å²) >= 11 is 11.8. The van der Waals surface area contributed by atoms with E-state index in [2.05, 4.69) is 51.0 Å². The number of fused-ring (bicyclic) bond motifs is 2. The first kappa shape index (κ1) is 22.6. The monoisotopic (exact) mass is 495 g/mol. The molecule has 1 amide bonds. The number of nitrogens with one attached hydrogen (secondary N) is 2. The van der Waals surface area contributed by atoms with E-state index in [0.29, 0.717) is 33.9 Å². The summed E-state index contributed by atoms with van der Waals surface area (Å²) in [4.78, 5) is 23.0. The molecule has 2 N–H and O–H groups in total. The number of aromatic nitrogens is 2. The molecule has 0 unspecified atom stereocenters. The Balaban J connectivity index is 1.57. The molecular weight excluding hydrogens is 476 g/mol. The largest absolute Gasteiger partial charge is 0.337 e. The number of amides is 1. The van der Waals surface area contributed by atoms with E-state index in [1.807, 2.05) is 0 Å². The first-order chi connectivity index (χ1) is 16.3. The van der Waals surface area contributed by atoms with Crippen molar-refractivity contribution in [3.8, 4) is 11.8 Å². The minimum atomic E-state index is -0.691. The first-order valence-corrected chi connectivity index (χ1v) is 11.4. The van der Waals surface area contributed by atoms with Crippen molar-refractivity contribution in [3.05, 3.63) is 64.7 Å². The number of hydrogen-bond donors (Lipinski definition) is 2. The molecule has 1 aliphatic heterocycles. The van der Waals surface area contributed by atoms with Gasteiger partial charge in [0, 0.05) is 23.9 Å². The van der Waals surface area contributed by atoms with Crippen LogP contribution >= 0.6 is 23.2 Å². The highest BCUT2D eigenvalue weighted by Gasteiger charge is 2.58. The summed E-state index contributed by atoms with van der Waals surface area (Å²) in [5.74, 6) is 6.59. The Kier molecular flexibility index (Phi) is 5.68. The summed E-state index contributed by atoms with van der Waals surface area (Å²) in [5, 5.41) is 6.26. The Morgan fingerprint density at radius 1 is 1.32 bits per heavy atom. The SMILES string of the molecule is C=CC(=O)Nc1cc2c(Nc3ccc(Cl)c(Cl)c3F)ncnc2cc1C#C[C@]12C[C@H]1CN(C)C2. The van der Waals surface area contributed by atoms with Gasteiger partial charge in [-0.3, -0.25) is 4.79 Å². The fourth-order valence-corrected chi connectivity index (χ4v) is 4.77. The van der Waals surface area contributed by atoms with Crippen molar-refractivity contribution in [2.75, 3.05) is 30.8 Å². The Labute approximate surface area is 206 Å². The second kappa shape index (κ2) is 8.55. The predicted molar refractivity (Wildman–Crippen MR) is 133 cm³/mol. The standard InChI is InChI=1S/C25H20Cl2FN5O/c1-3-21(34)31-19-9-16-20(8-14(19)6-7-25-10-15(25)11-33(2)12-25)29-13-30-24(16)32-18-5-4-17(26)22(27)23(18)28/h3-5,8-9,13,15H,1,10-12H2,2H3,(H,31,34)(H,29,30,32)/t15-,25+/m0/s1. The van der Waals surface area contributed by atoms with Crippen molar-refractivity contribution < 1.29 is 9.18 Å². The Hall–Kier alpha value is -3.18. The van der Waals surface area contributed by atoms with Crippen LogP contribution in [0.3, 0.4) is 0 Å². The molecule has 3 aromatic rings. The van der Waals surface area contributed by atoms with Crippen LogP contribution in [-0.4, -0.2) is 40.9 Å². The van der Waals surface area contributed by atoms with Crippen molar-refractivity contribution in [3.63, 3.8) is 0 Å². The van der Waals surface area contributed by atoms with Gasteiger partial charge >= 0.3 is 0 Å². The van der Waals surface area contributed by atoms with Crippen molar-refractivity contribution in [2.24, 2.45) is 11.3 Å². The van der Waals surface area contributed by atoms with Gasteiger partial charge in [-0.25, -0.2) is 14.4 Å². The van der Waals surface area contributed by atoms with Crippen LogP contribution in [0.2, 0.25) is 10.0 Å². The van der Waals surface area contributed by atoms with Gasteiger partial charge in [-0.2, -0.15) is 0 Å². The molecule has 1 aromatic heterocycles. The van der Waals surface area contributed by atoms with Gasteiger partial charge in [0.05, 0.1) is 32.5 Å². The molecule has 1 aliphatic carbocycles. The second-order valence-corrected chi connectivity index (χ2v) is 9.47. The molecule has 1 saturated heterocycles. The smallest absolute Gasteiger partial charge is 0.247 e. The lowest BCUT2D eigenvalue weighted by Gasteiger charge is -2.13. The van der Waals surface area contributed by atoms with E-state index in [1.54, 1.807) is 12.1 Å². The third-order valence-electron chi connectivity index (χ3n) is 6.27. The van der Waals surface area contributed by atoms with Gasteiger partial charge in [-0.15, -0.1) is 0 Å². The van der Waals surface area contributed by atoms with Crippen molar-refractivity contribution in [1.29, 1.82) is 0 Å². The van der Waals surface area contributed by atoms with E-state index in [1.165, 1.54) is 24.5 Å². The zero-order valence-electron chi connectivity index (χ0n) is 18.3. The van der Waals surface area contributed by atoms with Gasteiger partial charge < -0.3 is 15.5 Å². The third-order valence-corrected chi connectivity index (χ3v) is 7.05. The van der Waals surface area contributed by atoms with Crippen molar-refractivity contribution >= 4 is 57.2 Å². The lowest BCUT2D eigenvalue weighted by molar-refractivity contribution is -0.111. The molecule has 2 aromatic carbocycles. The maximum atomic E-state index is 14.6. The van der Waals surface area contributed by atoms with E-state index in [0.717, 1.165) is 19.5 Å². The quantitative estimate of drug-likeness (QED) is 0.294. The molecule has 2 aliphatic rings. The lowest BCUT2D eigenvalue weighted by Crippen LogP contribution is -2.19. The number of anilines is 3. The molecule has 172 valence electrons. The van der Waals surface area contributed by atoms with Crippen LogP contribution in [0.1, 0.15) is 12.0 Å². The molecule has 9 heteroatoms. The Bertz CT molecular complexity index is 1420. The molecule has 0 radical (unpaired) electrons. The van der Waals surface area contributed by atoms with E-state index >= 15 is 0 Å². The van der Waals surface area contributed by atoms with Gasteiger partial charge in [-0.05, 0) is 49.7 Å². The number of hydrogen-bond acceptors (Lipinski definition) is 5. The molecule has 6 nitrogen and oxygen atoms in total. The van der Waals surface area contributed by atoms with Crippen LogP contribution < -0.4 is 10.6 Å². The molecule has 5 rings (SSSR count). The van der Waals surface area contributed by atoms with Crippen molar-refractivity contribution in [1.82, 2.24) is 14.9 Å². The maximum absolute atomic E-state index is 14.6. The van der Waals surface area contributed by atoms with Gasteiger partial charge in [0.1, 0.15) is 12.1 Å². The Morgan fingerprint density at radius 3 is 2.88 bits per heavy atom. The summed E-state index contributed by atoms with van der Waals surface area (Å²) in [6, 6.07) is 6.49. The highest BCUT2D eigenvalue weighted by Crippen LogP contribution is 2.56. The molecule has 2 fully saturated rings. The van der Waals surface area contributed by atoms with Crippen LogP contribution in [0.4, 0.5) is 21.6 Å². The topological polar surface area (TPSA) is 70.1 Å².